The summed E-state index contributed by atoms with van der Waals surface area (Å²) in [6.45, 7) is -3.16. The monoisotopic (exact) mass is 1320 g/mol. The molecular weight excluding hydrogens is 1280 g/mol. The molecule has 3 N–H and O–H groups in total. The van der Waals surface area contributed by atoms with Gasteiger partial charge in [-0.25, -0.2) is 4.39 Å². The van der Waals surface area contributed by atoms with E-state index in [1.54, 1.807) is 6.08 Å². The van der Waals surface area contributed by atoms with Crippen molar-refractivity contribution < 1.29 is 118 Å². The lowest BCUT2D eigenvalue weighted by atomic mass is 10.1. The predicted molar refractivity (Wildman–Crippen MR) is 295 cm³/mol. The molecule has 0 saturated heterocycles. The molecule has 92 heavy (non-hydrogen) atoms. The van der Waals surface area contributed by atoms with Gasteiger partial charge in [-0.2, -0.15) is 48.3 Å². The molecule has 14 nitrogen and oxygen atoms in total. The minimum Gasteiger partial charge on any atom is -0.455 e. The number of para-hydroxylation sites is 4. The fourth-order valence-electron chi connectivity index (χ4n) is 7.88. The Balaban J connectivity index is 0.000000196. The highest BCUT2D eigenvalue weighted by Crippen LogP contribution is 2.42. The van der Waals surface area contributed by atoms with Crippen LogP contribution in [0.2, 0.25) is 5.02 Å². The van der Waals surface area contributed by atoms with Crippen molar-refractivity contribution in [2.24, 2.45) is 0 Å². The topological polar surface area (TPSA) is 185 Å². The van der Waals surface area contributed by atoms with Gasteiger partial charge in [0.25, 0.3) is 17.7 Å². The number of hydrogen-bond acceptors (Lipinski definition) is 11. The van der Waals surface area contributed by atoms with Gasteiger partial charge in [0.15, 0.2) is 40.3 Å². The molecule has 6 aromatic carbocycles. The van der Waals surface area contributed by atoms with Crippen molar-refractivity contribution in [3.63, 3.8) is 0 Å². The van der Waals surface area contributed by atoms with Gasteiger partial charge < -0.3 is 39.6 Å². The Morgan fingerprint density at radius 1 is 0.424 bits per heavy atom. The lowest BCUT2D eigenvalue weighted by Gasteiger charge is -2.17. The van der Waals surface area contributed by atoms with Crippen molar-refractivity contribution in [1.82, 2.24) is 16.0 Å². The summed E-state index contributed by atoms with van der Waals surface area (Å²) in [5.74, 6) is -7.56. The Labute approximate surface area is 513 Å². The Hall–Kier alpha value is -10.6. The molecule has 0 heterocycles. The lowest BCUT2D eigenvalue weighted by Crippen LogP contribution is -2.24. The van der Waals surface area contributed by atoms with Crippen molar-refractivity contribution >= 4 is 46.7 Å². The number of ketones is 3. The smallest absolute Gasteiger partial charge is 0.455 e. The molecular formula is C62H39ClF15N3O11. The normalized spacial score (nSPS) is 13.9. The molecule has 30 heteroatoms. The largest absolute Gasteiger partial charge is 0.573 e. The third-order valence-electron chi connectivity index (χ3n) is 11.9. The number of nitrogens with one attached hydrogen (secondary N) is 3. The Kier molecular flexibility index (Phi) is 22.0. The molecule has 0 aromatic heterocycles. The zero-order valence-electron chi connectivity index (χ0n) is 46.0. The molecule has 0 bridgehead atoms. The number of alkyl halides is 14. The van der Waals surface area contributed by atoms with Crippen LogP contribution in [0.15, 0.2) is 193 Å². The van der Waals surface area contributed by atoms with Crippen molar-refractivity contribution in [3.8, 4) is 46.0 Å². The van der Waals surface area contributed by atoms with Crippen LogP contribution >= 0.6 is 11.6 Å². The number of amides is 3. The number of carbonyl (C=O) groups excluding carboxylic acids is 6. The maximum atomic E-state index is 13.2. The van der Waals surface area contributed by atoms with Gasteiger partial charge in [-0.15, -0.1) is 13.2 Å². The predicted octanol–water partition coefficient (Wildman–Crippen LogP) is 16.2. The molecule has 0 unspecified atom stereocenters. The summed E-state index contributed by atoms with van der Waals surface area (Å²) in [4.78, 5) is 72.3. The van der Waals surface area contributed by atoms with E-state index in [0.717, 1.165) is 66.7 Å². The molecule has 480 valence electrons. The van der Waals surface area contributed by atoms with Crippen LogP contribution in [0.25, 0.3) is 0 Å². The van der Waals surface area contributed by atoms with Crippen LogP contribution in [-0.4, -0.2) is 48.0 Å². The van der Waals surface area contributed by atoms with Crippen molar-refractivity contribution in [3.05, 3.63) is 237 Å². The van der Waals surface area contributed by atoms with Gasteiger partial charge in [0.2, 0.25) is 0 Å². The molecule has 0 atom stereocenters. The van der Waals surface area contributed by atoms with E-state index in [9.17, 15) is 94.6 Å². The third-order valence-corrected chi connectivity index (χ3v) is 12.2. The number of ether oxygens (including phenoxy) is 5. The molecule has 9 rings (SSSR count). The molecule has 3 aliphatic rings. The highest BCUT2D eigenvalue weighted by Gasteiger charge is 2.36. The SMILES string of the molecule is O=C1C=C(NC(=O)c2cc(C(F)(F)F)ccc2Oc2ccccc2OC(F)(F)F)C=CC1.O=C1C=C(NC(=O)c2cc(C(F)(F)F)ccc2Oc2ccccc2OC(F)F)C=CC1.O=C1C=C(NC(=O)c2ccc(C(F)(F)F)cc2Oc2ccc(F)cc2Cl)C=CC1. The van der Waals surface area contributed by atoms with Crippen molar-refractivity contribution in [2.45, 2.75) is 50.8 Å². The van der Waals surface area contributed by atoms with Gasteiger partial charge in [-0.3, -0.25) is 28.8 Å². The Bertz CT molecular complexity index is 4020. The van der Waals surface area contributed by atoms with Gasteiger partial charge in [0, 0.05) is 54.6 Å². The Morgan fingerprint density at radius 2 is 0.793 bits per heavy atom. The molecule has 6 aromatic rings. The molecule has 0 radical (unpaired) electrons. The van der Waals surface area contributed by atoms with Crippen LogP contribution in [0.5, 0.6) is 46.0 Å². The van der Waals surface area contributed by atoms with Gasteiger partial charge in [-0.05, 0) is 115 Å². The molecule has 0 fully saturated rings. The second-order valence-electron chi connectivity index (χ2n) is 18.7. The van der Waals surface area contributed by atoms with Gasteiger partial charge in [-0.1, -0.05) is 54.1 Å². The summed E-state index contributed by atoms with van der Waals surface area (Å²) >= 11 is 5.87. The summed E-state index contributed by atoms with van der Waals surface area (Å²) in [7, 11) is 0. The van der Waals surface area contributed by atoms with E-state index in [1.165, 1.54) is 72.9 Å². The lowest BCUT2D eigenvalue weighted by molar-refractivity contribution is -0.275. The molecule has 3 amide bonds. The second-order valence-corrected chi connectivity index (χ2v) is 19.1. The standard InChI is InChI=1S/C21H13F6NO4.C21H14F5NO4.C20H12ClF4NO3/c22-20(23,24)12-8-9-16(31-17-6-1-2-7-18(17)32-21(25,26)27)15(10-12)19(30)28-13-4-3-5-14(29)11-13;22-20(23)31-18-7-2-1-6-17(18)30-16-9-8-12(21(24,25)26)10-15(16)19(29)27-13-4-3-5-14(28)11-13;21-16-9-12(22)5-7-17(16)29-18-8-11(20(23,24)25)4-6-15(18)19(28)26-13-2-1-3-14(27)10-13/h1-4,6-11H,5H2,(H,28,30);1-4,6-11,20H,5H2,(H,27,29);1-2,4-10H,3H2,(H,26,28). The number of benzene rings is 6. The molecule has 0 spiro atoms. The first-order chi connectivity index (χ1) is 43.2. The fourth-order valence-corrected chi connectivity index (χ4v) is 8.08. The minimum absolute atomic E-state index is 0.0374. The summed E-state index contributed by atoms with van der Waals surface area (Å²) in [6.07, 6.45) is -6.61. The molecule has 3 aliphatic carbocycles. The second kappa shape index (κ2) is 29.4. The summed E-state index contributed by atoms with van der Waals surface area (Å²) < 4.78 is 219. The van der Waals surface area contributed by atoms with E-state index < -0.39 is 106 Å². The van der Waals surface area contributed by atoms with E-state index in [-0.39, 0.29) is 87.3 Å². The van der Waals surface area contributed by atoms with Crippen LogP contribution in [0, 0.1) is 5.82 Å². The number of rotatable bonds is 15. The highest BCUT2D eigenvalue weighted by molar-refractivity contribution is 6.32. The summed E-state index contributed by atoms with van der Waals surface area (Å²) in [6, 6.07) is 19.3. The quantitative estimate of drug-likeness (QED) is 0.0831. The number of hydrogen-bond donors (Lipinski definition) is 3. The fraction of sp³-hybridized carbons (Fsp3) is 0.129. The van der Waals surface area contributed by atoms with Crippen LogP contribution < -0.4 is 39.6 Å². The van der Waals surface area contributed by atoms with Gasteiger partial charge in [0.1, 0.15) is 28.8 Å². The number of carbonyl (C=O) groups is 6. The van der Waals surface area contributed by atoms with Crippen LogP contribution in [0.3, 0.4) is 0 Å². The zero-order valence-corrected chi connectivity index (χ0v) is 46.7. The summed E-state index contributed by atoms with van der Waals surface area (Å²) in [5.41, 5.74) is -4.40. The van der Waals surface area contributed by atoms with E-state index >= 15 is 0 Å². The highest BCUT2D eigenvalue weighted by atomic mass is 35.5. The van der Waals surface area contributed by atoms with E-state index in [1.807, 2.05) is 0 Å². The van der Waals surface area contributed by atoms with Crippen LogP contribution in [0.1, 0.15) is 67.0 Å². The van der Waals surface area contributed by atoms with Gasteiger partial charge >= 0.3 is 31.5 Å². The Morgan fingerprint density at radius 3 is 1.20 bits per heavy atom. The first kappa shape index (κ1) is 68.9. The maximum Gasteiger partial charge on any atom is 0.573 e. The maximum absolute atomic E-state index is 13.2. The van der Waals surface area contributed by atoms with Crippen molar-refractivity contribution in [2.75, 3.05) is 0 Å². The average molecular weight is 1320 g/mol. The van der Waals surface area contributed by atoms with Crippen LogP contribution in [0.4, 0.5) is 65.9 Å². The number of allylic oxidation sites excluding steroid dienone is 9. The van der Waals surface area contributed by atoms with E-state index in [0.29, 0.717) is 30.3 Å². The van der Waals surface area contributed by atoms with E-state index in [2.05, 4.69) is 25.4 Å². The molecule has 0 aliphatic heterocycles. The van der Waals surface area contributed by atoms with E-state index in [4.69, 9.17) is 25.8 Å². The van der Waals surface area contributed by atoms with Gasteiger partial charge in [0.05, 0.1) is 38.4 Å². The van der Waals surface area contributed by atoms with Crippen molar-refractivity contribution in [1.29, 1.82) is 0 Å². The first-order valence-corrected chi connectivity index (χ1v) is 26.2. The number of halogens is 16. The minimum atomic E-state index is -5.05. The third kappa shape index (κ3) is 20.0. The first-order valence-electron chi connectivity index (χ1n) is 25.9. The zero-order chi connectivity index (χ0) is 67.3. The average Bonchev–Trinajstić information content (AvgIpc) is 0.839. The molecule has 0 saturated carbocycles. The van der Waals surface area contributed by atoms with Crippen LogP contribution in [-0.2, 0) is 32.9 Å². The summed E-state index contributed by atoms with van der Waals surface area (Å²) in [5, 5.41) is 6.86.